The van der Waals surface area contributed by atoms with Crippen LogP contribution in [0, 0.1) is 35.0 Å². The third-order valence-electron chi connectivity index (χ3n) is 9.22. The maximum absolute atomic E-state index is 11.5. The maximum Gasteiger partial charge on any atom is 0.236 e. The molecule has 5 heteroatoms. The summed E-state index contributed by atoms with van der Waals surface area (Å²) in [5.74, 6) is 9.33. The highest BCUT2D eigenvalue weighted by Crippen LogP contribution is 2.40. The lowest BCUT2D eigenvalue weighted by atomic mass is 9.72. The lowest BCUT2D eigenvalue weighted by molar-refractivity contribution is -0.124. The van der Waals surface area contributed by atoms with E-state index in [0.29, 0.717) is 35.0 Å². The number of amides is 1. The molecule has 0 saturated carbocycles. The van der Waals surface area contributed by atoms with E-state index >= 15 is 0 Å². The summed E-state index contributed by atoms with van der Waals surface area (Å²) in [6.07, 6.45) is 3.31. The van der Waals surface area contributed by atoms with Crippen molar-refractivity contribution in [2.24, 2.45) is 40.8 Å². The number of carbonyl (C=O) groups excluding carboxylic acids is 1. The smallest absolute Gasteiger partial charge is 0.236 e. The highest BCUT2D eigenvalue weighted by molar-refractivity contribution is 5.77. The number of hydrogen-bond acceptors (Lipinski definition) is 4. The number of nitrogens with two attached hydrogens (primary N) is 3. The molecule has 4 atom stereocenters. The number of nitrogen functional groups attached to an aromatic ring is 2. The van der Waals surface area contributed by atoms with Gasteiger partial charge in [-0.05, 0) is 107 Å². The van der Waals surface area contributed by atoms with Crippen LogP contribution in [-0.4, -0.2) is 5.91 Å². The summed E-state index contributed by atoms with van der Waals surface area (Å²) in [5, 5.41) is 0. The summed E-state index contributed by atoms with van der Waals surface area (Å²) < 4.78 is 0. The maximum atomic E-state index is 11.5. The van der Waals surface area contributed by atoms with Gasteiger partial charge in [-0.3, -0.25) is 10.2 Å². The summed E-state index contributed by atoms with van der Waals surface area (Å²) in [4.78, 5) is 11.5. The molecule has 0 spiro atoms. The van der Waals surface area contributed by atoms with Crippen LogP contribution in [0.25, 0.3) is 0 Å². The molecule has 0 aromatic heterocycles. The Balaban J connectivity index is 0.000000699. The summed E-state index contributed by atoms with van der Waals surface area (Å²) >= 11 is 0. The van der Waals surface area contributed by atoms with Gasteiger partial charge in [0.15, 0.2) is 0 Å². The van der Waals surface area contributed by atoms with E-state index < -0.39 is 0 Å². The summed E-state index contributed by atoms with van der Waals surface area (Å²) in [7, 11) is 0. The van der Waals surface area contributed by atoms with E-state index in [0.717, 1.165) is 29.6 Å². The second-order valence-corrected chi connectivity index (χ2v) is 16.3. The van der Waals surface area contributed by atoms with E-state index in [1.165, 1.54) is 29.5 Å². The average molecular weight is 675 g/mol. The number of hydrazine groups is 1. The Hall–Kier alpha value is -3.31. The molecule has 5 nitrogen and oxygen atoms in total. The zero-order chi connectivity index (χ0) is 36.6. The van der Waals surface area contributed by atoms with Crippen molar-refractivity contribution in [3.05, 3.63) is 95.6 Å². The number of anilines is 2. The first kappa shape index (κ1) is 45.7. The van der Waals surface area contributed by atoms with Crippen molar-refractivity contribution in [3.8, 4) is 0 Å². The van der Waals surface area contributed by atoms with E-state index in [4.69, 9.17) is 17.3 Å². The van der Waals surface area contributed by atoms with Gasteiger partial charge in [0, 0.05) is 17.3 Å². The van der Waals surface area contributed by atoms with Gasteiger partial charge in [0.05, 0.1) is 0 Å². The van der Waals surface area contributed by atoms with Gasteiger partial charge in [0.1, 0.15) is 0 Å². The molecular formula is C44H74N4O. The van der Waals surface area contributed by atoms with E-state index in [1.54, 1.807) is 0 Å². The van der Waals surface area contributed by atoms with Crippen LogP contribution in [0.15, 0.2) is 78.9 Å². The van der Waals surface area contributed by atoms with Crippen molar-refractivity contribution in [2.45, 2.75) is 128 Å². The van der Waals surface area contributed by atoms with Crippen LogP contribution in [0.3, 0.4) is 0 Å². The third-order valence-corrected chi connectivity index (χ3v) is 9.22. The van der Waals surface area contributed by atoms with Gasteiger partial charge in [0.2, 0.25) is 5.91 Å². The molecule has 0 radical (unpaired) electrons. The average Bonchev–Trinajstić information content (AvgIpc) is 3.02. The Morgan fingerprint density at radius 3 is 1.35 bits per heavy atom. The fourth-order valence-electron chi connectivity index (χ4n) is 6.36. The molecule has 0 fully saturated rings. The highest BCUT2D eigenvalue weighted by Gasteiger charge is 2.27. The minimum absolute atomic E-state index is 0. The normalized spacial score (nSPS) is 13.7. The zero-order valence-corrected chi connectivity index (χ0v) is 32.4. The molecule has 1 amide bonds. The van der Waals surface area contributed by atoms with Crippen molar-refractivity contribution in [1.82, 2.24) is 5.43 Å². The lowest BCUT2D eigenvalue weighted by Gasteiger charge is -2.32. The van der Waals surface area contributed by atoms with Gasteiger partial charge in [0.25, 0.3) is 0 Å². The SMILES string of the molecule is C.CC(C)CC(c1ccc(N)cc1)C(C)(C)C.CC(C)CC(c1ccc(N)cc1)C(C)C.CC(CC(c1ccccc1)C(C)C)C(=O)NN. The first-order valence-electron chi connectivity index (χ1n) is 18.1. The molecule has 0 aliphatic heterocycles. The first-order chi connectivity index (χ1) is 22.4. The van der Waals surface area contributed by atoms with Gasteiger partial charge in [-0.25, -0.2) is 5.84 Å². The highest BCUT2D eigenvalue weighted by atomic mass is 16.2. The number of rotatable bonds is 12. The molecule has 0 heterocycles. The van der Waals surface area contributed by atoms with Gasteiger partial charge in [-0.15, -0.1) is 0 Å². The first-order valence-corrected chi connectivity index (χ1v) is 18.1. The Kier molecular flexibility index (Phi) is 20.9. The Labute approximate surface area is 302 Å². The largest absolute Gasteiger partial charge is 0.399 e. The van der Waals surface area contributed by atoms with Crippen molar-refractivity contribution in [1.29, 1.82) is 0 Å². The van der Waals surface area contributed by atoms with Crippen LogP contribution in [0.4, 0.5) is 11.4 Å². The van der Waals surface area contributed by atoms with Crippen molar-refractivity contribution in [2.75, 3.05) is 11.5 Å². The van der Waals surface area contributed by atoms with E-state index in [-0.39, 0.29) is 19.3 Å². The predicted octanol–water partition coefficient (Wildman–Crippen LogP) is 11.6. The molecule has 0 saturated heterocycles. The monoisotopic (exact) mass is 675 g/mol. The van der Waals surface area contributed by atoms with Crippen LogP contribution in [0.2, 0.25) is 0 Å². The third kappa shape index (κ3) is 17.3. The van der Waals surface area contributed by atoms with E-state index in [2.05, 4.69) is 118 Å². The molecule has 49 heavy (non-hydrogen) atoms. The molecular weight excluding hydrogens is 601 g/mol. The van der Waals surface area contributed by atoms with Crippen LogP contribution in [0.1, 0.15) is 144 Å². The van der Waals surface area contributed by atoms with Crippen LogP contribution >= 0.6 is 0 Å². The number of nitrogens with one attached hydrogen (secondary N) is 1. The zero-order valence-electron chi connectivity index (χ0n) is 32.4. The van der Waals surface area contributed by atoms with E-state index in [1.807, 2.05) is 49.4 Å². The van der Waals surface area contributed by atoms with Gasteiger partial charge in [-0.1, -0.05) is 145 Å². The number of carbonyl (C=O) groups is 1. The molecule has 3 aromatic carbocycles. The predicted molar refractivity (Wildman–Crippen MR) is 217 cm³/mol. The van der Waals surface area contributed by atoms with Crippen LogP contribution in [0.5, 0.6) is 0 Å². The fourth-order valence-corrected chi connectivity index (χ4v) is 6.36. The topological polar surface area (TPSA) is 107 Å². The van der Waals surface area contributed by atoms with Crippen molar-refractivity contribution < 1.29 is 4.79 Å². The Morgan fingerprint density at radius 2 is 0.980 bits per heavy atom. The second kappa shape index (κ2) is 22.4. The van der Waals surface area contributed by atoms with Crippen LogP contribution < -0.4 is 22.7 Å². The molecule has 3 aromatic rings. The summed E-state index contributed by atoms with van der Waals surface area (Å²) in [6.45, 7) is 27.0. The molecule has 4 unspecified atom stereocenters. The molecule has 0 bridgehead atoms. The van der Waals surface area contributed by atoms with Crippen molar-refractivity contribution in [3.63, 3.8) is 0 Å². The standard InChI is InChI=1S/C15H25N.C14H22N2O.C14H23N.CH4/c1-11(2)10-14(15(3,4)5)12-6-8-13(16)9-7-12;1-10(2)13(9-11(3)14(17)16-15)12-7-5-4-6-8-12;1-10(2)9-14(11(3)4)12-5-7-13(15)8-6-12;/h6-9,11,14H,10,16H2,1-5H3;4-8,10-11,13H,9,15H2,1-3H3,(H,16,17);5-8,10-11,14H,9,15H2,1-4H3;1H4. The molecule has 0 aliphatic rings. The van der Waals surface area contributed by atoms with E-state index in [9.17, 15) is 4.79 Å². The lowest BCUT2D eigenvalue weighted by Crippen LogP contribution is -2.35. The summed E-state index contributed by atoms with van der Waals surface area (Å²) in [6, 6.07) is 27.0. The summed E-state index contributed by atoms with van der Waals surface area (Å²) in [5.41, 5.74) is 19.8. The van der Waals surface area contributed by atoms with Gasteiger partial charge < -0.3 is 11.5 Å². The Morgan fingerprint density at radius 1 is 0.592 bits per heavy atom. The van der Waals surface area contributed by atoms with Gasteiger partial charge >= 0.3 is 0 Å². The molecule has 3 rings (SSSR count). The quantitative estimate of drug-likeness (QED) is 0.0663. The molecule has 7 N–H and O–H groups in total. The fraction of sp³-hybridized carbons (Fsp3) is 0.568. The second-order valence-electron chi connectivity index (χ2n) is 16.3. The minimum atomic E-state index is -0.0911. The number of benzene rings is 3. The Bertz CT molecular complexity index is 1280. The minimum Gasteiger partial charge on any atom is -0.399 e. The molecule has 276 valence electrons. The number of hydrogen-bond donors (Lipinski definition) is 4. The molecule has 0 aliphatic carbocycles. The van der Waals surface area contributed by atoms with Crippen molar-refractivity contribution >= 4 is 17.3 Å². The van der Waals surface area contributed by atoms with Gasteiger partial charge in [-0.2, -0.15) is 0 Å². The van der Waals surface area contributed by atoms with Crippen LogP contribution in [-0.2, 0) is 4.79 Å².